The molecule has 22 heavy (non-hydrogen) atoms. The molecule has 0 spiro atoms. The third-order valence-electron chi connectivity index (χ3n) is 2.71. The van der Waals surface area contributed by atoms with Crippen molar-refractivity contribution in [3.63, 3.8) is 0 Å². The van der Waals surface area contributed by atoms with E-state index < -0.39 is 22.9 Å². The molecule has 1 aromatic carbocycles. The van der Waals surface area contributed by atoms with Crippen LogP contribution in [0.2, 0.25) is 5.02 Å². The Bertz CT molecular complexity index is 695. The normalized spacial score (nSPS) is 13.0. The molecule has 0 saturated carbocycles. The Morgan fingerprint density at radius 1 is 1.36 bits per heavy atom. The predicted molar refractivity (Wildman–Crippen MR) is 83.0 cm³/mol. The van der Waals surface area contributed by atoms with Gasteiger partial charge in [-0.25, -0.2) is 9.18 Å². The smallest absolute Gasteiger partial charge is 0.435 e. The molecule has 7 heteroatoms. The zero-order valence-corrected chi connectivity index (χ0v) is 13.8. The standard InChI is InChI=1S/C15H15Cl2FN2O2/c1-15(2,3)22-14(21)20-8-10(7-19-20)13(17)9-4-5-11(16)12(18)6-9/h4-8,13H,1-3H3. The van der Waals surface area contributed by atoms with Crippen molar-refractivity contribution in [2.45, 2.75) is 31.7 Å². The minimum absolute atomic E-state index is 0.0251. The molecule has 1 unspecified atom stereocenters. The second kappa shape index (κ2) is 6.26. The third-order valence-corrected chi connectivity index (χ3v) is 3.52. The number of nitrogens with zero attached hydrogens (tertiary/aromatic N) is 2. The Hall–Kier alpha value is -1.59. The van der Waals surface area contributed by atoms with Crippen LogP contribution >= 0.6 is 23.2 Å². The van der Waals surface area contributed by atoms with E-state index in [9.17, 15) is 9.18 Å². The van der Waals surface area contributed by atoms with E-state index in [4.69, 9.17) is 27.9 Å². The molecule has 2 rings (SSSR count). The fourth-order valence-electron chi connectivity index (χ4n) is 1.74. The first-order chi connectivity index (χ1) is 10.2. The van der Waals surface area contributed by atoms with Gasteiger partial charge in [-0.1, -0.05) is 17.7 Å². The molecule has 118 valence electrons. The minimum atomic E-state index is -0.650. The molecule has 4 nitrogen and oxygen atoms in total. The lowest BCUT2D eigenvalue weighted by atomic mass is 10.1. The Kier molecular flexibility index (Phi) is 4.78. The second-order valence-electron chi connectivity index (χ2n) is 5.73. The number of halogens is 3. The van der Waals surface area contributed by atoms with Crippen molar-refractivity contribution < 1.29 is 13.9 Å². The monoisotopic (exact) mass is 344 g/mol. The highest BCUT2D eigenvalue weighted by atomic mass is 35.5. The SMILES string of the molecule is CC(C)(C)OC(=O)n1cc(C(Cl)c2ccc(Cl)c(F)c2)cn1. The summed E-state index contributed by atoms with van der Waals surface area (Å²) in [6.45, 7) is 5.28. The van der Waals surface area contributed by atoms with Crippen LogP contribution in [0.3, 0.4) is 0 Å². The van der Waals surface area contributed by atoms with Gasteiger partial charge in [0.1, 0.15) is 11.4 Å². The van der Waals surface area contributed by atoms with E-state index in [-0.39, 0.29) is 5.02 Å². The van der Waals surface area contributed by atoms with Gasteiger partial charge in [0.25, 0.3) is 0 Å². The van der Waals surface area contributed by atoms with Crippen molar-refractivity contribution in [2.75, 3.05) is 0 Å². The molecule has 0 saturated heterocycles. The number of carbonyl (C=O) groups excluding carboxylic acids is 1. The molecular formula is C15H15Cl2FN2O2. The van der Waals surface area contributed by atoms with Gasteiger partial charge in [0.05, 0.1) is 16.6 Å². The first-order valence-electron chi connectivity index (χ1n) is 6.54. The van der Waals surface area contributed by atoms with Gasteiger partial charge >= 0.3 is 6.09 Å². The maximum Gasteiger partial charge on any atom is 0.435 e. The summed E-state index contributed by atoms with van der Waals surface area (Å²) in [5.41, 5.74) is 0.449. The first-order valence-corrected chi connectivity index (χ1v) is 7.36. The van der Waals surface area contributed by atoms with Gasteiger partial charge in [-0.2, -0.15) is 9.78 Å². The molecule has 0 N–H and O–H groups in total. The number of benzene rings is 1. The highest BCUT2D eigenvalue weighted by molar-refractivity contribution is 6.30. The molecule has 0 aliphatic rings. The van der Waals surface area contributed by atoms with Crippen molar-refractivity contribution in [3.8, 4) is 0 Å². The molecule has 1 aromatic heterocycles. The van der Waals surface area contributed by atoms with Crippen molar-refractivity contribution in [1.29, 1.82) is 0 Å². The fraction of sp³-hybridized carbons (Fsp3) is 0.333. The largest absolute Gasteiger partial charge is 0.442 e. The molecular weight excluding hydrogens is 330 g/mol. The van der Waals surface area contributed by atoms with Crippen LogP contribution in [-0.4, -0.2) is 21.5 Å². The molecule has 0 aliphatic heterocycles. The van der Waals surface area contributed by atoms with Gasteiger partial charge in [-0.15, -0.1) is 11.6 Å². The van der Waals surface area contributed by atoms with Gasteiger partial charge in [0.15, 0.2) is 0 Å². The number of aromatic nitrogens is 2. The molecule has 1 atom stereocenters. The van der Waals surface area contributed by atoms with Crippen LogP contribution in [0.4, 0.5) is 9.18 Å². The molecule has 2 aromatic rings. The van der Waals surface area contributed by atoms with E-state index >= 15 is 0 Å². The van der Waals surface area contributed by atoms with Gasteiger partial charge in [0, 0.05) is 11.8 Å². The zero-order valence-electron chi connectivity index (χ0n) is 12.3. The summed E-state index contributed by atoms with van der Waals surface area (Å²) in [5.74, 6) is -0.552. The Balaban J connectivity index is 2.20. The Morgan fingerprint density at radius 3 is 2.64 bits per heavy atom. The molecule has 0 radical (unpaired) electrons. The summed E-state index contributed by atoms with van der Waals surface area (Å²) >= 11 is 11.9. The number of ether oxygens (including phenoxy) is 1. The highest BCUT2D eigenvalue weighted by Gasteiger charge is 2.21. The van der Waals surface area contributed by atoms with Gasteiger partial charge in [-0.05, 0) is 38.5 Å². The van der Waals surface area contributed by atoms with Crippen LogP contribution in [0, 0.1) is 5.82 Å². The van der Waals surface area contributed by atoms with Gasteiger partial charge in [0.2, 0.25) is 0 Å². The summed E-state index contributed by atoms with van der Waals surface area (Å²) in [7, 11) is 0. The lowest BCUT2D eigenvalue weighted by molar-refractivity contribution is 0.0514. The van der Waals surface area contributed by atoms with Crippen LogP contribution in [-0.2, 0) is 4.74 Å². The zero-order chi connectivity index (χ0) is 16.5. The van der Waals surface area contributed by atoms with E-state index in [0.717, 1.165) is 4.68 Å². The molecule has 0 bridgehead atoms. The second-order valence-corrected chi connectivity index (χ2v) is 6.58. The summed E-state index contributed by atoms with van der Waals surface area (Å²) in [4.78, 5) is 11.9. The third kappa shape index (κ3) is 3.99. The molecule has 1 heterocycles. The Labute approximate surface area is 137 Å². The average Bonchev–Trinajstić information content (AvgIpc) is 2.89. The number of hydrogen-bond acceptors (Lipinski definition) is 3. The van der Waals surface area contributed by atoms with Crippen LogP contribution in [0.25, 0.3) is 0 Å². The van der Waals surface area contributed by atoms with Crippen molar-refractivity contribution in [2.24, 2.45) is 0 Å². The quantitative estimate of drug-likeness (QED) is 0.736. The van der Waals surface area contributed by atoms with E-state index in [0.29, 0.717) is 11.1 Å². The van der Waals surface area contributed by atoms with Crippen molar-refractivity contribution >= 4 is 29.3 Å². The number of hydrogen-bond donors (Lipinski definition) is 0. The fourth-order valence-corrected chi connectivity index (χ4v) is 2.10. The van der Waals surface area contributed by atoms with E-state index in [1.807, 2.05) is 0 Å². The number of rotatable bonds is 2. The van der Waals surface area contributed by atoms with E-state index in [1.165, 1.54) is 24.5 Å². The molecule has 0 fully saturated rings. The van der Waals surface area contributed by atoms with Crippen LogP contribution in [0.15, 0.2) is 30.6 Å². The number of carbonyl (C=O) groups is 1. The summed E-state index contributed by atoms with van der Waals surface area (Å²) in [5, 5.41) is 3.30. The summed E-state index contributed by atoms with van der Waals surface area (Å²) in [6.07, 6.45) is 2.29. The van der Waals surface area contributed by atoms with E-state index in [1.54, 1.807) is 26.8 Å². The van der Waals surface area contributed by atoms with Gasteiger partial charge < -0.3 is 4.74 Å². The van der Waals surface area contributed by atoms with E-state index in [2.05, 4.69) is 5.10 Å². The lowest BCUT2D eigenvalue weighted by Crippen LogP contribution is -2.27. The van der Waals surface area contributed by atoms with Crippen molar-refractivity contribution in [1.82, 2.24) is 9.78 Å². The minimum Gasteiger partial charge on any atom is -0.442 e. The highest BCUT2D eigenvalue weighted by Crippen LogP contribution is 2.30. The molecule has 0 aliphatic carbocycles. The average molecular weight is 345 g/mol. The first kappa shape index (κ1) is 16.8. The van der Waals surface area contributed by atoms with Gasteiger partial charge in [-0.3, -0.25) is 0 Å². The summed E-state index contributed by atoms with van der Waals surface area (Å²) < 4.78 is 19.7. The van der Waals surface area contributed by atoms with Crippen LogP contribution in [0.1, 0.15) is 37.3 Å². The maximum atomic E-state index is 13.5. The van der Waals surface area contributed by atoms with Crippen LogP contribution < -0.4 is 0 Å². The molecule has 0 amide bonds. The topological polar surface area (TPSA) is 44.1 Å². The van der Waals surface area contributed by atoms with Crippen molar-refractivity contribution in [3.05, 3.63) is 52.6 Å². The lowest BCUT2D eigenvalue weighted by Gasteiger charge is -2.18. The number of alkyl halides is 1. The maximum absolute atomic E-state index is 13.5. The predicted octanol–water partition coefficient (Wildman–Crippen LogP) is 4.79. The summed E-state index contributed by atoms with van der Waals surface area (Å²) in [6, 6.07) is 4.30. The Morgan fingerprint density at radius 2 is 2.05 bits per heavy atom. The van der Waals surface area contributed by atoms with Crippen LogP contribution in [0.5, 0.6) is 0 Å².